The molecule has 0 heterocycles. The zero-order valence-electron chi connectivity index (χ0n) is 13.9. The standard InChI is InChI=1S/C16H31BrFN3O/c1-3-20-16(19)21-10-13-6-7-14(15(17)12(13)2)11-22-9-5-4-8-18/h12-15H,3-11H2,1-2H3,(H3,19,20,21)/t12?,13?,14?,15-/m0/s1. The molecule has 1 saturated carbocycles. The molecule has 0 aromatic carbocycles. The molecule has 0 aromatic rings. The predicted octanol–water partition coefficient (Wildman–Crippen LogP) is 3.10. The molecule has 130 valence electrons. The Morgan fingerprint density at radius 1 is 1.36 bits per heavy atom. The number of nitrogens with one attached hydrogen (secondary N) is 1. The third-order valence-electron chi connectivity index (χ3n) is 4.46. The SMILES string of the molecule is CCNC(N)=NCC1CCC(COCCCCF)[C@@H](Br)C1C. The van der Waals surface area contributed by atoms with Crippen molar-refractivity contribution in [3.05, 3.63) is 0 Å². The number of hydrogen-bond acceptors (Lipinski definition) is 2. The number of nitrogens with two attached hydrogens (primary N) is 1. The van der Waals surface area contributed by atoms with Gasteiger partial charge in [-0.3, -0.25) is 9.38 Å². The molecular formula is C16H31BrFN3O. The predicted molar refractivity (Wildman–Crippen MR) is 94.3 cm³/mol. The first-order chi connectivity index (χ1) is 10.6. The van der Waals surface area contributed by atoms with Crippen molar-refractivity contribution in [2.45, 2.75) is 44.4 Å². The molecule has 0 spiro atoms. The highest BCUT2D eigenvalue weighted by molar-refractivity contribution is 9.09. The Hall–Kier alpha value is -0.360. The third kappa shape index (κ3) is 6.82. The van der Waals surface area contributed by atoms with E-state index >= 15 is 0 Å². The number of aliphatic imine (C=N–C) groups is 1. The van der Waals surface area contributed by atoms with E-state index in [4.69, 9.17) is 10.5 Å². The van der Waals surface area contributed by atoms with E-state index in [0.717, 1.165) is 39.0 Å². The monoisotopic (exact) mass is 379 g/mol. The molecule has 1 fully saturated rings. The van der Waals surface area contributed by atoms with E-state index in [1.165, 1.54) is 0 Å². The number of unbranched alkanes of at least 4 members (excludes halogenated alkanes) is 1. The molecule has 1 aliphatic carbocycles. The zero-order chi connectivity index (χ0) is 16.4. The van der Waals surface area contributed by atoms with Crippen molar-refractivity contribution < 1.29 is 9.13 Å². The fourth-order valence-electron chi connectivity index (χ4n) is 2.96. The zero-order valence-corrected chi connectivity index (χ0v) is 15.4. The lowest BCUT2D eigenvalue weighted by Crippen LogP contribution is -2.38. The lowest BCUT2D eigenvalue weighted by Gasteiger charge is -2.38. The first-order valence-electron chi connectivity index (χ1n) is 8.41. The topological polar surface area (TPSA) is 59.6 Å². The summed E-state index contributed by atoms with van der Waals surface area (Å²) in [6.07, 6.45) is 3.72. The summed E-state index contributed by atoms with van der Waals surface area (Å²) in [6.45, 7) is 7.06. The smallest absolute Gasteiger partial charge is 0.188 e. The minimum absolute atomic E-state index is 0.247. The van der Waals surface area contributed by atoms with Gasteiger partial charge in [-0.05, 0) is 50.4 Å². The molecule has 3 unspecified atom stereocenters. The highest BCUT2D eigenvalue weighted by Crippen LogP contribution is 2.38. The van der Waals surface area contributed by atoms with Gasteiger partial charge in [-0.15, -0.1) is 0 Å². The van der Waals surface area contributed by atoms with Crippen LogP contribution in [0.2, 0.25) is 0 Å². The van der Waals surface area contributed by atoms with Crippen LogP contribution in [0.1, 0.15) is 39.5 Å². The molecule has 1 rings (SSSR count). The van der Waals surface area contributed by atoms with Crippen molar-refractivity contribution in [2.75, 3.05) is 33.0 Å². The fourth-order valence-corrected chi connectivity index (χ4v) is 3.81. The van der Waals surface area contributed by atoms with Gasteiger partial charge in [0.2, 0.25) is 0 Å². The van der Waals surface area contributed by atoms with E-state index in [2.05, 4.69) is 33.2 Å². The van der Waals surface area contributed by atoms with Crippen molar-refractivity contribution in [2.24, 2.45) is 28.5 Å². The van der Waals surface area contributed by atoms with Crippen LogP contribution in [0.3, 0.4) is 0 Å². The average Bonchev–Trinajstić information content (AvgIpc) is 2.50. The maximum atomic E-state index is 12.0. The van der Waals surface area contributed by atoms with Crippen LogP contribution >= 0.6 is 15.9 Å². The van der Waals surface area contributed by atoms with E-state index in [0.29, 0.717) is 41.6 Å². The summed E-state index contributed by atoms with van der Waals surface area (Å²) in [7, 11) is 0. The molecule has 0 radical (unpaired) electrons. The highest BCUT2D eigenvalue weighted by atomic mass is 79.9. The minimum atomic E-state index is -0.247. The van der Waals surface area contributed by atoms with Crippen LogP contribution in [0.15, 0.2) is 4.99 Å². The van der Waals surface area contributed by atoms with Crippen LogP contribution in [0, 0.1) is 17.8 Å². The normalized spacial score (nSPS) is 29.5. The Labute approximate surface area is 142 Å². The molecule has 0 bridgehead atoms. The second-order valence-electron chi connectivity index (χ2n) is 6.13. The molecule has 4 nitrogen and oxygen atoms in total. The maximum Gasteiger partial charge on any atom is 0.188 e. The van der Waals surface area contributed by atoms with Crippen LogP contribution in [0.4, 0.5) is 4.39 Å². The number of nitrogens with zero attached hydrogens (tertiary/aromatic N) is 1. The van der Waals surface area contributed by atoms with Crippen LogP contribution in [-0.4, -0.2) is 43.8 Å². The van der Waals surface area contributed by atoms with Gasteiger partial charge in [-0.1, -0.05) is 22.9 Å². The molecule has 0 aromatic heterocycles. The van der Waals surface area contributed by atoms with Gasteiger partial charge in [-0.2, -0.15) is 0 Å². The van der Waals surface area contributed by atoms with E-state index in [1.54, 1.807) is 0 Å². The molecular weight excluding hydrogens is 349 g/mol. The number of alkyl halides is 2. The minimum Gasteiger partial charge on any atom is -0.381 e. The number of halogens is 2. The second-order valence-corrected chi connectivity index (χ2v) is 7.19. The first kappa shape index (κ1) is 19.7. The Balaban J connectivity index is 2.33. The highest BCUT2D eigenvalue weighted by Gasteiger charge is 2.35. The Kier molecular flexibility index (Phi) is 10.0. The molecule has 3 N–H and O–H groups in total. The van der Waals surface area contributed by atoms with Crippen molar-refractivity contribution in [1.29, 1.82) is 0 Å². The van der Waals surface area contributed by atoms with Gasteiger partial charge in [0.05, 0.1) is 13.3 Å². The van der Waals surface area contributed by atoms with Crippen molar-refractivity contribution >= 4 is 21.9 Å². The van der Waals surface area contributed by atoms with Crippen molar-refractivity contribution in [3.63, 3.8) is 0 Å². The van der Waals surface area contributed by atoms with Crippen LogP contribution in [0.5, 0.6) is 0 Å². The van der Waals surface area contributed by atoms with Gasteiger partial charge in [0.15, 0.2) is 5.96 Å². The number of guanidine groups is 1. The lowest BCUT2D eigenvalue weighted by atomic mass is 9.75. The number of rotatable bonds is 9. The average molecular weight is 380 g/mol. The molecule has 4 atom stereocenters. The molecule has 1 aliphatic rings. The Morgan fingerprint density at radius 3 is 2.77 bits per heavy atom. The fraction of sp³-hybridized carbons (Fsp3) is 0.938. The molecule has 0 aliphatic heterocycles. The quantitative estimate of drug-likeness (QED) is 0.280. The maximum absolute atomic E-state index is 12.0. The van der Waals surface area contributed by atoms with Crippen LogP contribution < -0.4 is 11.1 Å². The first-order valence-corrected chi connectivity index (χ1v) is 9.33. The van der Waals surface area contributed by atoms with Gasteiger partial charge in [-0.25, -0.2) is 0 Å². The van der Waals surface area contributed by atoms with Crippen LogP contribution in [0.25, 0.3) is 0 Å². The van der Waals surface area contributed by atoms with Crippen LogP contribution in [-0.2, 0) is 4.74 Å². The van der Waals surface area contributed by atoms with Gasteiger partial charge in [0, 0.05) is 24.5 Å². The van der Waals surface area contributed by atoms with E-state index in [9.17, 15) is 4.39 Å². The summed E-state index contributed by atoms with van der Waals surface area (Å²) in [5.41, 5.74) is 5.79. The molecule has 6 heteroatoms. The summed E-state index contributed by atoms with van der Waals surface area (Å²) in [5.74, 6) is 2.18. The summed E-state index contributed by atoms with van der Waals surface area (Å²) in [5, 5.41) is 3.03. The summed E-state index contributed by atoms with van der Waals surface area (Å²) in [4.78, 5) is 4.89. The third-order valence-corrected chi connectivity index (χ3v) is 6.04. The molecule has 22 heavy (non-hydrogen) atoms. The Morgan fingerprint density at radius 2 is 2.09 bits per heavy atom. The second kappa shape index (κ2) is 11.2. The molecule has 0 saturated heterocycles. The van der Waals surface area contributed by atoms with Crippen molar-refractivity contribution in [3.8, 4) is 0 Å². The summed E-state index contributed by atoms with van der Waals surface area (Å²) < 4.78 is 17.7. The lowest BCUT2D eigenvalue weighted by molar-refractivity contribution is 0.0667. The Bertz CT molecular complexity index is 331. The van der Waals surface area contributed by atoms with E-state index in [1.807, 2.05) is 6.92 Å². The van der Waals surface area contributed by atoms with Crippen molar-refractivity contribution in [1.82, 2.24) is 5.32 Å². The largest absolute Gasteiger partial charge is 0.381 e. The van der Waals surface area contributed by atoms with E-state index in [-0.39, 0.29) is 6.67 Å². The number of ether oxygens (including phenoxy) is 1. The van der Waals surface area contributed by atoms with Gasteiger partial charge >= 0.3 is 0 Å². The van der Waals surface area contributed by atoms with E-state index < -0.39 is 0 Å². The number of hydrogen-bond donors (Lipinski definition) is 2. The van der Waals surface area contributed by atoms with Gasteiger partial charge < -0.3 is 15.8 Å². The summed E-state index contributed by atoms with van der Waals surface area (Å²) in [6, 6.07) is 0. The summed E-state index contributed by atoms with van der Waals surface area (Å²) >= 11 is 3.85. The van der Waals surface area contributed by atoms with Gasteiger partial charge in [0.25, 0.3) is 0 Å². The molecule has 0 amide bonds. The van der Waals surface area contributed by atoms with Gasteiger partial charge in [0.1, 0.15) is 0 Å².